The number of non-ortho nitro benzene ring substituents is 1. The monoisotopic (exact) mass is 297 g/mol. The van der Waals surface area contributed by atoms with E-state index in [9.17, 15) is 14.9 Å². The Hall–Kier alpha value is -2.95. The largest absolute Gasteiger partial charge is 0.423 e. The topological polar surface area (TPSA) is 69.4 Å². The van der Waals surface area contributed by atoms with Gasteiger partial charge in [0.05, 0.1) is 4.92 Å². The van der Waals surface area contributed by atoms with Gasteiger partial charge in [-0.05, 0) is 49.2 Å². The summed E-state index contributed by atoms with van der Waals surface area (Å²) in [5.41, 5.74) is 2.67. The van der Waals surface area contributed by atoms with Crippen LogP contribution in [0.1, 0.15) is 16.7 Å². The van der Waals surface area contributed by atoms with Crippen molar-refractivity contribution in [1.82, 2.24) is 0 Å². The summed E-state index contributed by atoms with van der Waals surface area (Å²) in [7, 11) is 0. The zero-order valence-corrected chi connectivity index (χ0v) is 12.3. The van der Waals surface area contributed by atoms with Crippen LogP contribution in [0.2, 0.25) is 0 Å². The van der Waals surface area contributed by atoms with Crippen molar-refractivity contribution in [3.63, 3.8) is 0 Å². The van der Waals surface area contributed by atoms with Crippen LogP contribution in [0, 0.1) is 24.0 Å². The zero-order valence-electron chi connectivity index (χ0n) is 12.3. The van der Waals surface area contributed by atoms with Crippen LogP contribution in [0.15, 0.2) is 48.5 Å². The van der Waals surface area contributed by atoms with E-state index in [1.165, 1.54) is 18.2 Å². The smallest absolute Gasteiger partial charge is 0.336 e. The first-order chi connectivity index (χ1) is 10.5. The highest BCUT2D eigenvalue weighted by Gasteiger charge is 2.05. The molecular formula is C17H15NO4. The molecule has 2 rings (SSSR count). The normalized spacial score (nSPS) is 10.6. The molecule has 0 aromatic heterocycles. The number of rotatable bonds is 4. The minimum Gasteiger partial charge on any atom is -0.423 e. The fourth-order valence-corrected chi connectivity index (χ4v) is 1.93. The third-order valence-corrected chi connectivity index (χ3v) is 3.06. The van der Waals surface area contributed by atoms with E-state index in [0.29, 0.717) is 11.3 Å². The number of hydrogen-bond acceptors (Lipinski definition) is 4. The van der Waals surface area contributed by atoms with Gasteiger partial charge in [-0.3, -0.25) is 10.1 Å². The molecule has 0 aliphatic carbocycles. The average Bonchev–Trinajstić information content (AvgIpc) is 2.48. The van der Waals surface area contributed by atoms with Crippen LogP contribution >= 0.6 is 0 Å². The molecule has 0 atom stereocenters. The van der Waals surface area contributed by atoms with Crippen molar-refractivity contribution in [3.05, 3.63) is 75.3 Å². The van der Waals surface area contributed by atoms with Crippen LogP contribution in [0.5, 0.6) is 5.75 Å². The quantitative estimate of drug-likeness (QED) is 0.283. The molecule has 5 heteroatoms. The lowest BCUT2D eigenvalue weighted by Crippen LogP contribution is -2.04. The number of aryl methyl sites for hydroxylation is 2. The van der Waals surface area contributed by atoms with Crippen LogP contribution in [0.3, 0.4) is 0 Å². The van der Waals surface area contributed by atoms with Gasteiger partial charge in [0.25, 0.3) is 5.69 Å². The number of carbonyl (C=O) groups excluding carboxylic acids is 1. The van der Waals surface area contributed by atoms with Gasteiger partial charge in [0, 0.05) is 18.2 Å². The first-order valence-electron chi connectivity index (χ1n) is 6.67. The first kappa shape index (κ1) is 15.4. The van der Waals surface area contributed by atoms with Crippen LogP contribution in [-0.2, 0) is 4.79 Å². The minimum absolute atomic E-state index is 0.00927. The van der Waals surface area contributed by atoms with E-state index < -0.39 is 10.9 Å². The van der Waals surface area contributed by atoms with Gasteiger partial charge in [-0.2, -0.15) is 0 Å². The van der Waals surface area contributed by atoms with Gasteiger partial charge in [-0.15, -0.1) is 0 Å². The van der Waals surface area contributed by atoms with Gasteiger partial charge < -0.3 is 4.74 Å². The van der Waals surface area contributed by atoms with E-state index in [2.05, 4.69) is 0 Å². The molecule has 0 aliphatic heterocycles. The summed E-state index contributed by atoms with van der Waals surface area (Å²) in [6.45, 7) is 3.84. The van der Waals surface area contributed by atoms with Crippen molar-refractivity contribution >= 4 is 17.7 Å². The Morgan fingerprint density at radius 1 is 1.14 bits per heavy atom. The second kappa shape index (κ2) is 6.67. The Morgan fingerprint density at radius 2 is 1.82 bits per heavy atom. The van der Waals surface area contributed by atoms with Gasteiger partial charge in [0.15, 0.2) is 0 Å². The Balaban J connectivity index is 2.03. The number of hydrogen-bond donors (Lipinski definition) is 0. The Bertz CT molecular complexity index is 733. The van der Waals surface area contributed by atoms with Crippen LogP contribution in [0.25, 0.3) is 6.08 Å². The minimum atomic E-state index is -0.495. The molecular weight excluding hydrogens is 282 g/mol. The third kappa shape index (κ3) is 4.02. The van der Waals surface area contributed by atoms with Crippen LogP contribution in [-0.4, -0.2) is 10.9 Å². The molecule has 0 spiro atoms. The second-order valence-electron chi connectivity index (χ2n) is 4.87. The van der Waals surface area contributed by atoms with Gasteiger partial charge in [0.2, 0.25) is 0 Å². The highest BCUT2D eigenvalue weighted by Crippen LogP contribution is 2.19. The van der Waals surface area contributed by atoms with Crippen molar-refractivity contribution < 1.29 is 14.5 Å². The third-order valence-electron chi connectivity index (χ3n) is 3.06. The number of ether oxygens (including phenoxy) is 1. The summed E-state index contributed by atoms with van der Waals surface area (Å²) in [5.74, 6) is 0.0225. The van der Waals surface area contributed by atoms with E-state index >= 15 is 0 Å². The average molecular weight is 297 g/mol. The van der Waals surface area contributed by atoms with E-state index in [4.69, 9.17) is 4.74 Å². The van der Waals surface area contributed by atoms with Gasteiger partial charge >= 0.3 is 5.97 Å². The predicted octanol–water partition coefficient (Wildman–Crippen LogP) is 3.83. The number of nitrogens with zero attached hydrogens (tertiary/aromatic N) is 1. The van der Waals surface area contributed by atoms with Crippen molar-refractivity contribution in [3.8, 4) is 5.75 Å². The predicted molar refractivity (Wildman–Crippen MR) is 83.7 cm³/mol. The van der Waals surface area contributed by atoms with Crippen molar-refractivity contribution in [1.29, 1.82) is 0 Å². The lowest BCUT2D eigenvalue weighted by Gasteiger charge is -2.05. The van der Waals surface area contributed by atoms with E-state index in [-0.39, 0.29) is 5.69 Å². The number of esters is 1. The molecule has 2 aromatic carbocycles. The maximum absolute atomic E-state index is 11.8. The summed E-state index contributed by atoms with van der Waals surface area (Å²) >= 11 is 0. The van der Waals surface area contributed by atoms with Gasteiger partial charge in [-0.1, -0.05) is 17.7 Å². The Morgan fingerprint density at radius 3 is 2.41 bits per heavy atom. The summed E-state index contributed by atoms with van der Waals surface area (Å²) in [4.78, 5) is 21.9. The molecule has 0 N–H and O–H groups in total. The summed E-state index contributed by atoms with van der Waals surface area (Å²) in [5, 5.41) is 10.6. The second-order valence-corrected chi connectivity index (χ2v) is 4.87. The molecule has 22 heavy (non-hydrogen) atoms. The number of nitro groups is 1. The molecule has 0 radical (unpaired) electrons. The maximum Gasteiger partial charge on any atom is 0.336 e. The van der Waals surface area contributed by atoms with E-state index in [0.717, 1.165) is 11.1 Å². The molecule has 5 nitrogen and oxygen atoms in total. The number of carbonyl (C=O) groups is 1. The molecule has 0 fully saturated rings. The number of benzene rings is 2. The lowest BCUT2D eigenvalue weighted by molar-refractivity contribution is -0.384. The van der Waals surface area contributed by atoms with Crippen molar-refractivity contribution in [2.24, 2.45) is 0 Å². The molecule has 0 aliphatic rings. The lowest BCUT2D eigenvalue weighted by atomic mass is 10.1. The number of nitro benzene ring substituents is 1. The first-order valence-corrected chi connectivity index (χ1v) is 6.67. The molecule has 0 saturated carbocycles. The molecule has 0 amide bonds. The highest BCUT2D eigenvalue weighted by atomic mass is 16.6. The van der Waals surface area contributed by atoms with E-state index in [1.54, 1.807) is 24.3 Å². The molecule has 0 unspecified atom stereocenters. The summed E-state index contributed by atoms with van der Waals surface area (Å²) < 4.78 is 5.25. The van der Waals surface area contributed by atoms with Crippen molar-refractivity contribution in [2.75, 3.05) is 0 Å². The standard InChI is InChI=1S/C17H15NO4/c1-12-3-9-16(13(2)11-12)22-17(19)10-6-14-4-7-15(8-5-14)18(20)21/h3-11H,1-2H3/b10-6+. The molecule has 0 bridgehead atoms. The van der Waals surface area contributed by atoms with Crippen LogP contribution < -0.4 is 4.74 Å². The van der Waals surface area contributed by atoms with Crippen LogP contribution in [0.4, 0.5) is 5.69 Å². The molecule has 0 heterocycles. The summed E-state index contributed by atoms with van der Waals surface area (Å²) in [6.07, 6.45) is 2.84. The molecule has 2 aromatic rings. The van der Waals surface area contributed by atoms with Gasteiger partial charge in [0.1, 0.15) is 5.75 Å². The maximum atomic E-state index is 11.8. The van der Waals surface area contributed by atoms with Crippen molar-refractivity contribution in [2.45, 2.75) is 13.8 Å². The SMILES string of the molecule is Cc1ccc(OC(=O)/C=C/c2ccc([N+](=O)[O-])cc2)c(C)c1. The summed E-state index contributed by atoms with van der Waals surface area (Å²) in [6, 6.07) is 11.5. The van der Waals surface area contributed by atoms with E-state index in [1.807, 2.05) is 26.0 Å². The highest BCUT2D eigenvalue weighted by molar-refractivity contribution is 5.88. The Kier molecular flexibility index (Phi) is 4.68. The molecule has 112 valence electrons. The fourth-order valence-electron chi connectivity index (χ4n) is 1.93. The van der Waals surface area contributed by atoms with Gasteiger partial charge in [-0.25, -0.2) is 4.79 Å². The Labute approximate surface area is 128 Å². The molecule has 0 saturated heterocycles. The zero-order chi connectivity index (χ0) is 16.1. The fraction of sp³-hybridized carbons (Fsp3) is 0.118.